The van der Waals surface area contributed by atoms with Crippen molar-refractivity contribution in [2.24, 2.45) is 0 Å². The summed E-state index contributed by atoms with van der Waals surface area (Å²) in [5.41, 5.74) is 2.10. The Balaban J connectivity index is 1.73. The number of methoxy groups -OCH3 is 1. The Bertz CT molecular complexity index is 785. The summed E-state index contributed by atoms with van der Waals surface area (Å²) < 4.78 is 11.0. The summed E-state index contributed by atoms with van der Waals surface area (Å²) in [5.74, 6) is 0.689. The van der Waals surface area contributed by atoms with E-state index in [-0.39, 0.29) is 15.7 Å². The third-order valence-corrected chi connectivity index (χ3v) is 7.52. The second-order valence-electron chi connectivity index (χ2n) is 6.34. The first-order chi connectivity index (χ1) is 13.6. The van der Waals surface area contributed by atoms with E-state index in [4.69, 9.17) is 9.47 Å². The third kappa shape index (κ3) is 5.10. The van der Waals surface area contributed by atoms with E-state index in [9.17, 15) is 9.59 Å². The smallest absolute Gasteiger partial charge is 0.239 e. The molecule has 0 N–H and O–H groups in total. The number of carbonyl (C=O) groups excluding carboxylic acids is 2. The number of aldehydes is 1. The summed E-state index contributed by atoms with van der Waals surface area (Å²) in [6.07, 6.45) is 0.826. The highest BCUT2D eigenvalue weighted by molar-refractivity contribution is 8.17. The number of benzene rings is 2. The van der Waals surface area contributed by atoms with Crippen molar-refractivity contribution in [1.29, 1.82) is 0 Å². The van der Waals surface area contributed by atoms with Crippen molar-refractivity contribution in [2.45, 2.75) is 21.8 Å². The maximum absolute atomic E-state index is 12.9. The van der Waals surface area contributed by atoms with Crippen molar-refractivity contribution >= 4 is 35.7 Å². The van der Waals surface area contributed by atoms with E-state index in [1.165, 1.54) is 28.4 Å². The van der Waals surface area contributed by atoms with Crippen LogP contribution >= 0.6 is 23.5 Å². The summed E-state index contributed by atoms with van der Waals surface area (Å²) in [6.45, 7) is 0.744. The van der Waals surface area contributed by atoms with E-state index in [0.29, 0.717) is 13.2 Å². The van der Waals surface area contributed by atoms with Crippen LogP contribution in [0.3, 0.4) is 0 Å². The van der Waals surface area contributed by atoms with Crippen LogP contribution in [0.25, 0.3) is 0 Å². The summed E-state index contributed by atoms with van der Waals surface area (Å²) in [6, 6.07) is 17.6. The van der Waals surface area contributed by atoms with Crippen LogP contribution in [0.4, 0.5) is 0 Å². The molecule has 0 aromatic heterocycles. The molecule has 7 heteroatoms. The van der Waals surface area contributed by atoms with Gasteiger partial charge in [0.1, 0.15) is 16.4 Å². The fraction of sp³-hybridized carbons (Fsp3) is 0.333. The fourth-order valence-corrected chi connectivity index (χ4v) is 5.81. The van der Waals surface area contributed by atoms with E-state index in [0.717, 1.165) is 23.2 Å². The molecule has 1 heterocycles. The maximum atomic E-state index is 12.9. The van der Waals surface area contributed by atoms with E-state index >= 15 is 0 Å². The number of likely N-dealkylation sites (N-methyl/N-ethyl adjacent to an activating group) is 1. The second kappa shape index (κ2) is 10.0. The van der Waals surface area contributed by atoms with Gasteiger partial charge < -0.3 is 19.2 Å². The van der Waals surface area contributed by atoms with Gasteiger partial charge in [0.05, 0.1) is 24.9 Å². The Morgan fingerprint density at radius 3 is 2.43 bits per heavy atom. The number of thioether (sulfide) groups is 2. The van der Waals surface area contributed by atoms with Crippen molar-refractivity contribution in [1.82, 2.24) is 4.90 Å². The molecule has 1 amide bonds. The second-order valence-corrected chi connectivity index (χ2v) is 9.18. The van der Waals surface area contributed by atoms with Crippen molar-refractivity contribution in [2.75, 3.05) is 20.8 Å². The lowest BCUT2D eigenvalue weighted by Crippen LogP contribution is -2.41. The van der Waals surface area contributed by atoms with Gasteiger partial charge in [0.25, 0.3) is 0 Å². The highest BCUT2D eigenvalue weighted by Crippen LogP contribution is 2.47. The molecule has 0 aliphatic carbocycles. The topological polar surface area (TPSA) is 55.8 Å². The summed E-state index contributed by atoms with van der Waals surface area (Å²) in [7, 11) is 3.30. The first-order valence-electron chi connectivity index (χ1n) is 8.91. The number of hydrogen-bond donors (Lipinski definition) is 0. The van der Waals surface area contributed by atoms with Gasteiger partial charge in [-0.05, 0) is 23.3 Å². The normalized spacial score (nSPS) is 22.6. The molecule has 0 radical (unpaired) electrons. The maximum Gasteiger partial charge on any atom is 0.239 e. The minimum Gasteiger partial charge on any atom is -0.497 e. The number of amides is 1. The minimum absolute atomic E-state index is 0.0552. The van der Waals surface area contributed by atoms with Crippen molar-refractivity contribution in [3.8, 4) is 5.75 Å². The third-order valence-electron chi connectivity index (χ3n) is 4.44. The molecule has 1 fully saturated rings. The molecule has 1 aliphatic heterocycles. The van der Waals surface area contributed by atoms with Crippen molar-refractivity contribution in [3.63, 3.8) is 0 Å². The van der Waals surface area contributed by atoms with E-state index in [1.54, 1.807) is 14.2 Å². The lowest BCUT2D eigenvalue weighted by atomic mass is 10.2. The summed E-state index contributed by atoms with van der Waals surface area (Å²) >= 11 is 3.00. The minimum atomic E-state index is -0.522. The van der Waals surface area contributed by atoms with Crippen LogP contribution in [0.2, 0.25) is 0 Å². The molecule has 148 valence electrons. The van der Waals surface area contributed by atoms with Crippen LogP contribution in [0, 0.1) is 0 Å². The SMILES string of the molecule is COc1ccc(C2SC(COCc3ccccc3)C(=O)N(C)C(C=O)S2)cc1. The molecule has 5 nitrogen and oxygen atoms in total. The van der Waals surface area contributed by atoms with Gasteiger partial charge in [-0.1, -0.05) is 42.5 Å². The number of rotatable bonds is 7. The van der Waals surface area contributed by atoms with Crippen LogP contribution in [-0.4, -0.2) is 48.5 Å². The lowest BCUT2D eigenvalue weighted by Gasteiger charge is -2.22. The van der Waals surface area contributed by atoms with Crippen LogP contribution < -0.4 is 4.74 Å². The Labute approximate surface area is 173 Å². The molecular weight excluding hydrogens is 394 g/mol. The first-order valence-corrected chi connectivity index (χ1v) is 10.8. The number of ether oxygens (including phenoxy) is 2. The van der Waals surface area contributed by atoms with E-state index in [1.807, 2.05) is 54.6 Å². The predicted octanol–water partition coefficient (Wildman–Crippen LogP) is 3.74. The molecule has 2 aromatic rings. The number of hydrogen-bond acceptors (Lipinski definition) is 6. The number of nitrogens with zero attached hydrogens (tertiary/aromatic N) is 1. The zero-order chi connectivity index (χ0) is 19.9. The molecule has 0 bridgehead atoms. The molecular formula is C21H23NO4S2. The molecule has 3 unspecified atom stereocenters. The average Bonchev–Trinajstić information content (AvgIpc) is 2.86. The molecule has 0 saturated carbocycles. The van der Waals surface area contributed by atoms with Crippen LogP contribution in [-0.2, 0) is 20.9 Å². The molecule has 28 heavy (non-hydrogen) atoms. The van der Waals surface area contributed by atoms with Crippen LogP contribution in [0.5, 0.6) is 5.75 Å². The Morgan fingerprint density at radius 1 is 1.07 bits per heavy atom. The van der Waals surface area contributed by atoms with E-state index in [2.05, 4.69) is 0 Å². The molecule has 1 saturated heterocycles. The molecule has 1 aliphatic rings. The quantitative estimate of drug-likeness (QED) is 0.640. The van der Waals surface area contributed by atoms with Crippen molar-refractivity contribution in [3.05, 3.63) is 65.7 Å². The van der Waals surface area contributed by atoms with Gasteiger partial charge in [-0.25, -0.2) is 0 Å². The van der Waals surface area contributed by atoms with Gasteiger partial charge in [-0.3, -0.25) is 4.79 Å². The van der Waals surface area contributed by atoms with Gasteiger partial charge in [-0.15, -0.1) is 23.5 Å². The summed E-state index contributed by atoms with van der Waals surface area (Å²) in [5, 5.41) is -0.899. The van der Waals surface area contributed by atoms with Gasteiger partial charge in [-0.2, -0.15) is 0 Å². The molecule has 2 aromatic carbocycles. The Kier molecular flexibility index (Phi) is 7.42. The highest BCUT2D eigenvalue weighted by Gasteiger charge is 2.36. The van der Waals surface area contributed by atoms with Gasteiger partial charge in [0, 0.05) is 7.05 Å². The number of carbonyl (C=O) groups is 2. The van der Waals surface area contributed by atoms with Crippen molar-refractivity contribution < 1.29 is 19.1 Å². The van der Waals surface area contributed by atoms with Gasteiger partial charge in [0.2, 0.25) is 5.91 Å². The predicted molar refractivity (Wildman–Crippen MR) is 113 cm³/mol. The average molecular weight is 418 g/mol. The first kappa shape index (κ1) is 20.8. The molecule has 3 rings (SSSR count). The monoisotopic (exact) mass is 417 g/mol. The Morgan fingerprint density at radius 2 is 1.79 bits per heavy atom. The fourth-order valence-electron chi connectivity index (χ4n) is 2.82. The van der Waals surface area contributed by atoms with Gasteiger partial charge in [0.15, 0.2) is 6.29 Å². The van der Waals surface area contributed by atoms with Crippen LogP contribution in [0.1, 0.15) is 15.7 Å². The highest BCUT2D eigenvalue weighted by atomic mass is 32.2. The molecule has 3 atom stereocenters. The van der Waals surface area contributed by atoms with Gasteiger partial charge >= 0.3 is 0 Å². The molecule has 0 spiro atoms. The zero-order valence-electron chi connectivity index (χ0n) is 15.8. The zero-order valence-corrected chi connectivity index (χ0v) is 17.4. The van der Waals surface area contributed by atoms with E-state index < -0.39 is 5.37 Å². The Hall–Kier alpha value is -1.96. The van der Waals surface area contributed by atoms with Crippen LogP contribution in [0.15, 0.2) is 54.6 Å². The lowest BCUT2D eigenvalue weighted by molar-refractivity contribution is -0.133. The standard InChI is InChI=1S/C21H23NO4S2/c1-22-19(12-23)28-21(16-8-10-17(25-2)11-9-16)27-18(20(22)24)14-26-13-15-6-4-3-5-7-15/h3-12,18-19,21H,13-14H2,1-2H3. The largest absolute Gasteiger partial charge is 0.497 e. The summed E-state index contributed by atoms with van der Waals surface area (Å²) in [4.78, 5) is 26.0.